The van der Waals surface area contributed by atoms with Gasteiger partial charge in [0.05, 0.1) is 17.1 Å². The largest absolute Gasteiger partial charge is 0.373 e. The Morgan fingerprint density at radius 2 is 1.90 bits per heavy atom. The first-order valence-electron chi connectivity index (χ1n) is 6.76. The van der Waals surface area contributed by atoms with Gasteiger partial charge in [-0.1, -0.05) is 0 Å². The van der Waals surface area contributed by atoms with Crippen LogP contribution in [0.25, 0.3) is 0 Å². The average molecular weight is 336 g/mol. The Kier molecular flexibility index (Phi) is 4.92. The van der Waals surface area contributed by atoms with Crippen LogP contribution in [-0.4, -0.2) is 38.0 Å². The summed E-state index contributed by atoms with van der Waals surface area (Å²) >= 11 is 5.71. The van der Waals surface area contributed by atoms with Crippen molar-refractivity contribution in [2.75, 3.05) is 13.1 Å². The third kappa shape index (κ3) is 3.39. The SMILES string of the molecule is Cc1c(F)cc(CCl)cc1S(=O)(=O)N1CC(C)OC(C)C1. The number of morpholine rings is 1. The van der Waals surface area contributed by atoms with Crippen LogP contribution in [0.5, 0.6) is 0 Å². The van der Waals surface area contributed by atoms with Crippen LogP contribution in [-0.2, 0) is 20.6 Å². The van der Waals surface area contributed by atoms with Gasteiger partial charge in [0, 0.05) is 24.5 Å². The van der Waals surface area contributed by atoms with Crippen LogP contribution in [0, 0.1) is 12.7 Å². The summed E-state index contributed by atoms with van der Waals surface area (Å²) in [5.41, 5.74) is 0.573. The van der Waals surface area contributed by atoms with Gasteiger partial charge >= 0.3 is 0 Å². The summed E-state index contributed by atoms with van der Waals surface area (Å²) in [4.78, 5) is -0.0144. The van der Waals surface area contributed by atoms with Gasteiger partial charge in [0.15, 0.2) is 0 Å². The Hall–Kier alpha value is -0.690. The Balaban J connectivity index is 2.46. The standard InChI is InChI=1S/C14H19ClFNO3S/c1-9-7-17(8-10(2)20-9)21(18,19)14-5-12(6-15)4-13(16)11(14)3/h4-5,9-10H,6-8H2,1-3H3. The van der Waals surface area contributed by atoms with Gasteiger partial charge in [-0.05, 0) is 38.5 Å². The number of hydrogen-bond donors (Lipinski definition) is 0. The highest BCUT2D eigenvalue weighted by molar-refractivity contribution is 7.89. The predicted molar refractivity (Wildman–Crippen MR) is 79.5 cm³/mol. The van der Waals surface area contributed by atoms with E-state index in [1.165, 1.54) is 23.4 Å². The van der Waals surface area contributed by atoms with E-state index < -0.39 is 15.8 Å². The quantitative estimate of drug-likeness (QED) is 0.798. The first-order valence-corrected chi connectivity index (χ1v) is 8.73. The van der Waals surface area contributed by atoms with Gasteiger partial charge in [0.1, 0.15) is 5.82 Å². The number of rotatable bonds is 3. The molecule has 1 heterocycles. The highest BCUT2D eigenvalue weighted by Gasteiger charge is 2.33. The van der Waals surface area contributed by atoms with Gasteiger partial charge in [-0.25, -0.2) is 12.8 Å². The van der Waals surface area contributed by atoms with Gasteiger partial charge in [-0.3, -0.25) is 0 Å². The van der Waals surface area contributed by atoms with Crippen LogP contribution in [0.4, 0.5) is 4.39 Å². The lowest BCUT2D eigenvalue weighted by Gasteiger charge is -2.34. The molecule has 0 spiro atoms. The lowest BCUT2D eigenvalue weighted by Crippen LogP contribution is -2.48. The van der Waals surface area contributed by atoms with Crippen LogP contribution >= 0.6 is 11.6 Å². The molecule has 21 heavy (non-hydrogen) atoms. The Morgan fingerprint density at radius 3 is 2.43 bits per heavy atom. The molecule has 0 aromatic heterocycles. The molecule has 1 aliphatic rings. The molecule has 0 radical (unpaired) electrons. The lowest BCUT2D eigenvalue weighted by molar-refractivity contribution is -0.0441. The van der Waals surface area contributed by atoms with E-state index in [1.54, 1.807) is 0 Å². The molecule has 2 rings (SSSR count). The summed E-state index contributed by atoms with van der Waals surface area (Å²) in [6.07, 6.45) is -0.380. The topological polar surface area (TPSA) is 46.6 Å². The van der Waals surface area contributed by atoms with E-state index in [0.717, 1.165) is 0 Å². The molecule has 2 atom stereocenters. The van der Waals surface area contributed by atoms with Crippen molar-refractivity contribution < 1.29 is 17.5 Å². The van der Waals surface area contributed by atoms with E-state index in [2.05, 4.69) is 0 Å². The number of nitrogens with zero attached hydrogens (tertiary/aromatic N) is 1. The average Bonchev–Trinajstić information content (AvgIpc) is 2.40. The Labute approximate surface area is 129 Å². The number of alkyl halides is 1. The third-order valence-electron chi connectivity index (χ3n) is 3.51. The normalized spacial score (nSPS) is 24.2. The van der Waals surface area contributed by atoms with E-state index in [4.69, 9.17) is 16.3 Å². The molecule has 0 bridgehead atoms. The first-order chi connectivity index (χ1) is 9.75. The van der Waals surface area contributed by atoms with Crippen molar-refractivity contribution in [2.45, 2.75) is 43.8 Å². The molecule has 1 saturated heterocycles. The zero-order chi connectivity index (χ0) is 15.8. The molecule has 2 unspecified atom stereocenters. The van der Waals surface area contributed by atoms with Crippen molar-refractivity contribution in [2.24, 2.45) is 0 Å². The van der Waals surface area contributed by atoms with Gasteiger partial charge < -0.3 is 4.74 Å². The molecule has 118 valence electrons. The molecular formula is C14H19ClFNO3S. The van der Waals surface area contributed by atoms with Crippen molar-refractivity contribution >= 4 is 21.6 Å². The molecule has 0 N–H and O–H groups in total. The highest BCUT2D eigenvalue weighted by atomic mass is 35.5. The maximum Gasteiger partial charge on any atom is 0.243 e. The highest BCUT2D eigenvalue weighted by Crippen LogP contribution is 2.27. The van der Waals surface area contributed by atoms with E-state index in [0.29, 0.717) is 5.56 Å². The van der Waals surface area contributed by atoms with Crippen molar-refractivity contribution in [1.29, 1.82) is 0 Å². The van der Waals surface area contributed by atoms with E-state index in [9.17, 15) is 12.8 Å². The lowest BCUT2D eigenvalue weighted by atomic mass is 10.1. The molecule has 0 amide bonds. The summed E-state index contributed by atoms with van der Waals surface area (Å²) in [6, 6.07) is 2.72. The maximum absolute atomic E-state index is 13.9. The van der Waals surface area contributed by atoms with Gasteiger partial charge in [-0.15, -0.1) is 11.6 Å². The summed E-state index contributed by atoms with van der Waals surface area (Å²) in [5, 5.41) is 0. The van der Waals surface area contributed by atoms with E-state index in [1.807, 2.05) is 13.8 Å². The fourth-order valence-electron chi connectivity index (χ4n) is 2.52. The number of benzene rings is 1. The van der Waals surface area contributed by atoms with Crippen LogP contribution in [0.2, 0.25) is 0 Å². The third-order valence-corrected chi connectivity index (χ3v) is 5.78. The van der Waals surface area contributed by atoms with Crippen molar-refractivity contribution in [1.82, 2.24) is 4.31 Å². The zero-order valence-electron chi connectivity index (χ0n) is 12.3. The molecule has 1 aliphatic heterocycles. The van der Waals surface area contributed by atoms with Crippen LogP contribution in [0.1, 0.15) is 25.0 Å². The number of ether oxygens (including phenoxy) is 1. The van der Waals surface area contributed by atoms with Crippen molar-refractivity contribution in [3.63, 3.8) is 0 Å². The van der Waals surface area contributed by atoms with Crippen LogP contribution < -0.4 is 0 Å². The Bertz CT molecular complexity index is 625. The van der Waals surface area contributed by atoms with Crippen LogP contribution in [0.15, 0.2) is 17.0 Å². The molecule has 1 aromatic rings. The van der Waals surface area contributed by atoms with Crippen LogP contribution in [0.3, 0.4) is 0 Å². The zero-order valence-corrected chi connectivity index (χ0v) is 13.8. The fourth-order valence-corrected chi connectivity index (χ4v) is 4.55. The second-order valence-electron chi connectivity index (χ2n) is 5.41. The molecule has 1 fully saturated rings. The van der Waals surface area contributed by atoms with E-state index >= 15 is 0 Å². The minimum absolute atomic E-state index is 0.0144. The number of sulfonamides is 1. The second-order valence-corrected chi connectivity index (χ2v) is 7.59. The maximum atomic E-state index is 13.9. The summed E-state index contributed by atoms with van der Waals surface area (Å²) in [7, 11) is -3.76. The van der Waals surface area contributed by atoms with Gasteiger partial charge in [0.25, 0.3) is 0 Å². The molecule has 1 aromatic carbocycles. The predicted octanol–water partition coefficient (Wildman–Crippen LogP) is 2.67. The summed E-state index contributed by atoms with van der Waals surface area (Å²) in [6.45, 7) is 5.63. The Morgan fingerprint density at radius 1 is 1.33 bits per heavy atom. The smallest absolute Gasteiger partial charge is 0.243 e. The molecular weight excluding hydrogens is 317 g/mol. The first kappa shape index (κ1) is 16.7. The number of halogens is 2. The number of hydrogen-bond acceptors (Lipinski definition) is 3. The summed E-state index contributed by atoms with van der Waals surface area (Å²) < 4.78 is 46.4. The van der Waals surface area contributed by atoms with E-state index in [-0.39, 0.29) is 41.6 Å². The van der Waals surface area contributed by atoms with Crippen molar-refractivity contribution in [3.05, 3.63) is 29.1 Å². The van der Waals surface area contributed by atoms with Crippen molar-refractivity contribution in [3.8, 4) is 0 Å². The molecule has 0 saturated carbocycles. The monoisotopic (exact) mass is 335 g/mol. The second kappa shape index (κ2) is 6.20. The summed E-state index contributed by atoms with van der Waals surface area (Å²) in [5.74, 6) is -0.489. The minimum atomic E-state index is -3.76. The molecule has 7 heteroatoms. The van der Waals surface area contributed by atoms with Gasteiger partial charge in [0.2, 0.25) is 10.0 Å². The fraction of sp³-hybridized carbons (Fsp3) is 0.571. The molecule has 0 aliphatic carbocycles. The van der Waals surface area contributed by atoms with Gasteiger partial charge in [-0.2, -0.15) is 4.31 Å². The molecule has 4 nitrogen and oxygen atoms in total. The minimum Gasteiger partial charge on any atom is -0.373 e.